The van der Waals surface area contributed by atoms with E-state index >= 15 is 0 Å². The zero-order valence-electron chi connectivity index (χ0n) is 13.2. The van der Waals surface area contributed by atoms with Gasteiger partial charge in [-0.2, -0.15) is 0 Å². The molecule has 8 nitrogen and oxygen atoms in total. The van der Waals surface area contributed by atoms with Crippen LogP contribution in [0, 0.1) is 5.92 Å². The van der Waals surface area contributed by atoms with Crippen molar-refractivity contribution in [3.8, 4) is 5.75 Å². The van der Waals surface area contributed by atoms with Crippen molar-refractivity contribution in [1.29, 1.82) is 0 Å². The lowest BCUT2D eigenvalue weighted by Crippen LogP contribution is -2.48. The number of carboxylic acids is 1. The molecule has 1 aliphatic heterocycles. The molecule has 126 valence electrons. The van der Waals surface area contributed by atoms with Gasteiger partial charge < -0.3 is 20.0 Å². The topological polar surface area (TPSA) is 119 Å². The second-order valence-corrected chi connectivity index (χ2v) is 5.84. The van der Waals surface area contributed by atoms with Gasteiger partial charge in [0.05, 0.1) is 6.54 Å². The Morgan fingerprint density at radius 3 is 2.75 bits per heavy atom. The van der Waals surface area contributed by atoms with E-state index < -0.39 is 12.1 Å². The van der Waals surface area contributed by atoms with Crippen molar-refractivity contribution in [1.82, 2.24) is 4.98 Å². The normalized spacial score (nSPS) is 16.9. The Bertz CT molecular complexity index is 799. The fourth-order valence-corrected chi connectivity index (χ4v) is 2.49. The smallest absolute Gasteiger partial charge is 0.371 e. The number of carbonyl (C=O) groups is 2. The summed E-state index contributed by atoms with van der Waals surface area (Å²) in [6, 6.07) is 6.12. The van der Waals surface area contributed by atoms with Gasteiger partial charge in [0.1, 0.15) is 11.6 Å². The maximum atomic E-state index is 12.7. The molecule has 0 spiro atoms. The first kappa shape index (κ1) is 15.9. The van der Waals surface area contributed by atoms with Gasteiger partial charge in [-0.05, 0) is 30.2 Å². The number of hydrogen-bond acceptors (Lipinski definition) is 6. The second-order valence-electron chi connectivity index (χ2n) is 5.84. The van der Waals surface area contributed by atoms with Gasteiger partial charge in [0.2, 0.25) is 5.76 Å². The molecule has 0 radical (unpaired) electrons. The molecule has 24 heavy (non-hydrogen) atoms. The first-order valence-electron chi connectivity index (χ1n) is 7.43. The number of carbonyl (C=O) groups excluding carboxylic acids is 1. The van der Waals surface area contributed by atoms with Gasteiger partial charge in [0.25, 0.3) is 5.91 Å². The first-order chi connectivity index (χ1) is 11.4. The van der Waals surface area contributed by atoms with Crippen molar-refractivity contribution in [2.45, 2.75) is 26.5 Å². The van der Waals surface area contributed by atoms with E-state index in [2.05, 4.69) is 4.98 Å². The van der Waals surface area contributed by atoms with E-state index in [1.54, 1.807) is 12.1 Å². The summed E-state index contributed by atoms with van der Waals surface area (Å²) in [5, 5.41) is 8.94. The van der Waals surface area contributed by atoms with Gasteiger partial charge in [0, 0.05) is 0 Å². The van der Waals surface area contributed by atoms with Crippen molar-refractivity contribution >= 4 is 23.5 Å². The summed E-state index contributed by atoms with van der Waals surface area (Å²) in [5.41, 5.74) is 5.72. The Kier molecular flexibility index (Phi) is 3.88. The molecule has 0 aliphatic carbocycles. The molecule has 2 aromatic heterocycles. The number of ether oxygens (including phenoxy) is 1. The number of furan rings is 1. The molecule has 0 bridgehead atoms. The predicted molar refractivity (Wildman–Crippen MR) is 84.8 cm³/mol. The van der Waals surface area contributed by atoms with Crippen LogP contribution in [0.2, 0.25) is 0 Å². The van der Waals surface area contributed by atoms with Gasteiger partial charge in [-0.1, -0.05) is 13.8 Å². The monoisotopic (exact) mass is 331 g/mol. The number of pyridine rings is 1. The number of aromatic carboxylic acids is 1. The minimum absolute atomic E-state index is 0.0438. The lowest BCUT2D eigenvalue weighted by atomic mass is 10.0. The van der Waals surface area contributed by atoms with E-state index in [9.17, 15) is 9.59 Å². The van der Waals surface area contributed by atoms with Crippen LogP contribution in [0.15, 0.2) is 28.7 Å². The number of nitrogen functional groups attached to an aromatic ring is 1. The largest absolute Gasteiger partial charge is 0.476 e. The molecular formula is C16H17N3O5. The van der Waals surface area contributed by atoms with Crippen molar-refractivity contribution in [3.05, 3.63) is 35.8 Å². The summed E-state index contributed by atoms with van der Waals surface area (Å²) in [5.74, 6) is -0.341. The number of amides is 1. The molecule has 0 saturated carbocycles. The van der Waals surface area contributed by atoms with E-state index in [4.69, 9.17) is 20.0 Å². The fourth-order valence-electron chi connectivity index (χ4n) is 2.49. The summed E-state index contributed by atoms with van der Waals surface area (Å²) in [7, 11) is 0. The molecule has 3 rings (SSSR count). The van der Waals surface area contributed by atoms with E-state index in [0.717, 1.165) is 0 Å². The molecule has 0 fully saturated rings. The third kappa shape index (κ3) is 2.78. The number of anilines is 2. The zero-order valence-corrected chi connectivity index (χ0v) is 13.2. The summed E-state index contributed by atoms with van der Waals surface area (Å²) < 4.78 is 11.0. The van der Waals surface area contributed by atoms with Gasteiger partial charge in [-0.15, -0.1) is 0 Å². The highest BCUT2D eigenvalue weighted by molar-refractivity contribution is 5.99. The van der Waals surface area contributed by atoms with Crippen LogP contribution in [-0.4, -0.2) is 28.1 Å². The van der Waals surface area contributed by atoms with Crippen molar-refractivity contribution in [3.63, 3.8) is 0 Å². The van der Waals surface area contributed by atoms with E-state index in [0.29, 0.717) is 17.3 Å². The number of rotatable bonds is 4. The quantitative estimate of drug-likeness (QED) is 0.878. The molecule has 3 N–H and O–H groups in total. The maximum Gasteiger partial charge on any atom is 0.371 e. The third-order valence-electron chi connectivity index (χ3n) is 3.67. The van der Waals surface area contributed by atoms with Gasteiger partial charge >= 0.3 is 5.97 Å². The minimum Gasteiger partial charge on any atom is -0.476 e. The van der Waals surface area contributed by atoms with Crippen LogP contribution in [0.3, 0.4) is 0 Å². The molecule has 1 atom stereocenters. The number of hydrogen-bond donors (Lipinski definition) is 2. The molecular weight excluding hydrogens is 314 g/mol. The van der Waals surface area contributed by atoms with Crippen LogP contribution in [0.4, 0.5) is 11.6 Å². The Labute approximate surface area is 137 Å². The molecule has 1 amide bonds. The summed E-state index contributed by atoms with van der Waals surface area (Å²) >= 11 is 0. The van der Waals surface area contributed by atoms with Crippen LogP contribution in [0.25, 0.3) is 0 Å². The molecule has 8 heteroatoms. The van der Waals surface area contributed by atoms with E-state index in [1.807, 2.05) is 13.8 Å². The minimum atomic E-state index is -1.17. The Hall–Kier alpha value is -3.03. The zero-order chi connectivity index (χ0) is 17.4. The van der Waals surface area contributed by atoms with Gasteiger partial charge in [-0.25, -0.2) is 9.78 Å². The number of carboxylic acid groups (broad SMARTS) is 1. The molecule has 2 aromatic rings. The summed E-state index contributed by atoms with van der Waals surface area (Å²) in [4.78, 5) is 29.3. The third-order valence-corrected chi connectivity index (χ3v) is 3.67. The highest BCUT2D eigenvalue weighted by atomic mass is 16.5. The number of nitrogens with zero attached hydrogens (tertiary/aromatic N) is 2. The SMILES string of the molecule is CC(C)C1Oc2ccc(N)nc2N(Cc2ccc(C(=O)O)o2)C1=O. The number of fused-ring (bicyclic) bond motifs is 1. The predicted octanol–water partition coefficient (Wildman–Crippen LogP) is 1.91. The Balaban J connectivity index is 1.98. The number of nitrogens with two attached hydrogens (primary N) is 1. The standard InChI is InChI=1S/C16H17N3O5/c1-8(2)13-15(20)19(7-9-3-4-11(23-9)16(21)22)14-10(24-13)5-6-12(17)18-14/h3-6,8,13H,7H2,1-2H3,(H2,17,18)(H,21,22). The average molecular weight is 331 g/mol. The highest BCUT2D eigenvalue weighted by Crippen LogP contribution is 2.35. The van der Waals surface area contributed by atoms with Crippen LogP contribution in [-0.2, 0) is 11.3 Å². The average Bonchev–Trinajstić information content (AvgIpc) is 2.98. The molecule has 1 aliphatic rings. The van der Waals surface area contributed by atoms with Crippen LogP contribution < -0.4 is 15.4 Å². The van der Waals surface area contributed by atoms with Gasteiger partial charge in [0.15, 0.2) is 17.7 Å². The van der Waals surface area contributed by atoms with Crippen molar-refractivity contribution in [2.75, 3.05) is 10.6 Å². The molecule has 0 aromatic carbocycles. The van der Waals surface area contributed by atoms with E-state index in [1.165, 1.54) is 17.0 Å². The number of aromatic nitrogens is 1. The van der Waals surface area contributed by atoms with Crippen LogP contribution in [0.5, 0.6) is 5.75 Å². The van der Waals surface area contributed by atoms with E-state index in [-0.39, 0.29) is 29.9 Å². The summed E-state index contributed by atoms with van der Waals surface area (Å²) in [6.07, 6.45) is -0.656. The Morgan fingerprint density at radius 2 is 2.12 bits per heavy atom. The summed E-state index contributed by atoms with van der Waals surface area (Å²) in [6.45, 7) is 3.81. The molecule has 3 heterocycles. The fraction of sp³-hybridized carbons (Fsp3) is 0.312. The van der Waals surface area contributed by atoms with Crippen LogP contribution >= 0.6 is 0 Å². The van der Waals surface area contributed by atoms with Crippen molar-refractivity contribution < 1.29 is 23.8 Å². The lowest BCUT2D eigenvalue weighted by molar-refractivity contribution is -0.128. The first-order valence-corrected chi connectivity index (χ1v) is 7.43. The highest BCUT2D eigenvalue weighted by Gasteiger charge is 2.37. The van der Waals surface area contributed by atoms with Crippen molar-refractivity contribution in [2.24, 2.45) is 5.92 Å². The molecule has 0 saturated heterocycles. The second kappa shape index (κ2) is 5.88. The lowest BCUT2D eigenvalue weighted by Gasteiger charge is -2.34. The maximum absolute atomic E-state index is 12.7. The Morgan fingerprint density at radius 1 is 1.38 bits per heavy atom. The van der Waals surface area contributed by atoms with Gasteiger partial charge in [-0.3, -0.25) is 9.69 Å². The van der Waals surface area contributed by atoms with Crippen LogP contribution in [0.1, 0.15) is 30.2 Å². The molecule has 1 unspecified atom stereocenters.